The Labute approximate surface area is 157 Å². The quantitative estimate of drug-likeness (QED) is 0.642. The third kappa shape index (κ3) is 3.86. The van der Waals surface area contributed by atoms with Gasteiger partial charge in [-0.2, -0.15) is 5.10 Å². The van der Waals surface area contributed by atoms with Gasteiger partial charge in [-0.25, -0.2) is 9.50 Å². The summed E-state index contributed by atoms with van der Waals surface area (Å²) in [4.78, 5) is 16.9. The molecule has 0 radical (unpaired) electrons. The minimum absolute atomic E-state index is 0.163. The van der Waals surface area contributed by atoms with E-state index >= 15 is 0 Å². The van der Waals surface area contributed by atoms with Gasteiger partial charge in [-0.3, -0.25) is 4.79 Å². The molecule has 26 heavy (non-hydrogen) atoms. The van der Waals surface area contributed by atoms with Gasteiger partial charge in [-0.1, -0.05) is 37.1 Å². The van der Waals surface area contributed by atoms with Crippen LogP contribution in [-0.2, 0) is 11.3 Å². The van der Waals surface area contributed by atoms with E-state index in [0.29, 0.717) is 28.5 Å². The highest BCUT2D eigenvalue weighted by molar-refractivity contribution is 6.30. The van der Waals surface area contributed by atoms with Gasteiger partial charge in [0.2, 0.25) is 0 Å². The summed E-state index contributed by atoms with van der Waals surface area (Å²) in [6, 6.07) is 9.31. The molecule has 7 heteroatoms. The maximum absolute atomic E-state index is 12.5. The second-order valence-electron chi connectivity index (χ2n) is 5.97. The lowest BCUT2D eigenvalue weighted by molar-refractivity contribution is 0.0946. The van der Waals surface area contributed by atoms with Crippen LogP contribution in [0.15, 0.2) is 36.5 Å². The van der Waals surface area contributed by atoms with Gasteiger partial charge in [0.15, 0.2) is 5.65 Å². The summed E-state index contributed by atoms with van der Waals surface area (Å²) in [5.41, 5.74) is 3.49. The predicted octanol–water partition coefficient (Wildman–Crippen LogP) is 3.73. The van der Waals surface area contributed by atoms with Crippen LogP contribution in [0, 0.1) is 0 Å². The number of methoxy groups -OCH3 is 1. The van der Waals surface area contributed by atoms with Crippen molar-refractivity contribution in [2.45, 2.75) is 26.4 Å². The van der Waals surface area contributed by atoms with Crippen molar-refractivity contribution in [2.24, 2.45) is 0 Å². The van der Waals surface area contributed by atoms with Crippen LogP contribution in [0.5, 0.6) is 0 Å². The summed E-state index contributed by atoms with van der Waals surface area (Å²) in [7, 11) is 1.59. The molecule has 2 aromatic heterocycles. The molecule has 1 N–H and O–H groups in total. The second kappa shape index (κ2) is 8.29. The van der Waals surface area contributed by atoms with Gasteiger partial charge >= 0.3 is 0 Å². The van der Waals surface area contributed by atoms with Crippen LogP contribution in [0.25, 0.3) is 16.9 Å². The van der Waals surface area contributed by atoms with Crippen molar-refractivity contribution in [3.63, 3.8) is 0 Å². The highest BCUT2D eigenvalue weighted by Gasteiger charge is 2.17. The summed E-state index contributed by atoms with van der Waals surface area (Å²) < 4.78 is 6.97. The number of benzene rings is 1. The molecule has 0 aliphatic heterocycles. The molecule has 0 fully saturated rings. The fraction of sp³-hybridized carbons (Fsp3) is 0.316. The van der Waals surface area contributed by atoms with E-state index < -0.39 is 0 Å². The molecule has 0 atom stereocenters. The first-order chi connectivity index (χ1) is 12.6. The summed E-state index contributed by atoms with van der Waals surface area (Å²) in [5, 5.41) is 8.21. The fourth-order valence-corrected chi connectivity index (χ4v) is 2.81. The molecule has 1 amide bonds. The molecule has 3 rings (SSSR count). The van der Waals surface area contributed by atoms with Gasteiger partial charge in [0.25, 0.3) is 5.91 Å². The first-order valence-corrected chi connectivity index (χ1v) is 8.92. The highest BCUT2D eigenvalue weighted by Crippen LogP contribution is 2.23. The van der Waals surface area contributed by atoms with Crippen LogP contribution >= 0.6 is 11.6 Å². The molecular formula is C19H21ClN4O2. The average Bonchev–Trinajstić information content (AvgIpc) is 3.07. The monoisotopic (exact) mass is 372 g/mol. The lowest BCUT2D eigenvalue weighted by Crippen LogP contribution is -2.27. The largest absolute Gasteiger partial charge is 0.378 e. The van der Waals surface area contributed by atoms with Crippen LogP contribution < -0.4 is 5.32 Å². The summed E-state index contributed by atoms with van der Waals surface area (Å²) >= 11 is 5.95. The molecule has 0 aliphatic carbocycles. The Balaban J connectivity index is 2.01. The smallest absolute Gasteiger partial charge is 0.254 e. The second-order valence-corrected chi connectivity index (χ2v) is 6.40. The van der Waals surface area contributed by atoms with E-state index in [1.54, 1.807) is 17.8 Å². The number of unbranched alkanes of at least 4 members (excludes halogenated alkanes) is 1. The van der Waals surface area contributed by atoms with Crippen LogP contribution in [0.1, 0.15) is 35.8 Å². The minimum atomic E-state index is -0.163. The van der Waals surface area contributed by atoms with Crippen molar-refractivity contribution in [1.82, 2.24) is 19.9 Å². The number of nitrogens with zero attached hydrogens (tertiary/aromatic N) is 3. The number of hydrogen-bond acceptors (Lipinski definition) is 4. The first kappa shape index (κ1) is 18.4. The third-order valence-electron chi connectivity index (χ3n) is 4.06. The number of amides is 1. The standard InChI is InChI=1S/C19H21ClN4O2/c1-3-4-9-21-19(25)15-11-22-18-10-16(13-5-7-14(20)8-6-13)23-24(18)17(15)12-26-2/h5-8,10-11H,3-4,9,12H2,1-2H3,(H,21,25). The van der Waals surface area contributed by atoms with Crippen molar-refractivity contribution >= 4 is 23.2 Å². The Bertz CT molecular complexity index is 906. The Morgan fingerprint density at radius 3 is 2.77 bits per heavy atom. The number of rotatable bonds is 7. The average molecular weight is 373 g/mol. The van der Waals surface area contributed by atoms with E-state index in [0.717, 1.165) is 24.1 Å². The molecule has 136 valence electrons. The van der Waals surface area contributed by atoms with Gasteiger partial charge in [0.1, 0.15) is 0 Å². The summed E-state index contributed by atoms with van der Waals surface area (Å²) in [5.74, 6) is -0.163. The summed E-state index contributed by atoms with van der Waals surface area (Å²) in [6.07, 6.45) is 3.54. The number of nitrogens with one attached hydrogen (secondary N) is 1. The van der Waals surface area contributed by atoms with Gasteiger partial charge in [0.05, 0.1) is 23.6 Å². The molecule has 0 saturated carbocycles. The van der Waals surface area contributed by atoms with E-state index in [-0.39, 0.29) is 12.5 Å². The maximum Gasteiger partial charge on any atom is 0.254 e. The molecular weight excluding hydrogens is 352 g/mol. The van der Waals surface area contributed by atoms with Gasteiger partial charge in [-0.05, 0) is 18.6 Å². The number of fused-ring (bicyclic) bond motifs is 1. The number of ether oxygens (including phenoxy) is 1. The SMILES string of the molecule is CCCCNC(=O)c1cnc2cc(-c3ccc(Cl)cc3)nn2c1COC. The zero-order chi connectivity index (χ0) is 18.5. The molecule has 6 nitrogen and oxygen atoms in total. The van der Waals surface area contributed by atoms with Crippen molar-refractivity contribution in [3.8, 4) is 11.3 Å². The molecule has 0 aliphatic rings. The molecule has 0 unspecified atom stereocenters. The highest BCUT2D eigenvalue weighted by atomic mass is 35.5. The lowest BCUT2D eigenvalue weighted by atomic mass is 10.1. The third-order valence-corrected chi connectivity index (χ3v) is 4.32. The van der Waals surface area contributed by atoms with Crippen molar-refractivity contribution in [2.75, 3.05) is 13.7 Å². The molecule has 0 spiro atoms. The van der Waals surface area contributed by atoms with Gasteiger partial charge in [0, 0.05) is 36.5 Å². The van der Waals surface area contributed by atoms with Crippen LogP contribution in [0.2, 0.25) is 5.02 Å². The Morgan fingerprint density at radius 2 is 2.08 bits per heavy atom. The minimum Gasteiger partial charge on any atom is -0.378 e. The number of carbonyl (C=O) groups excluding carboxylic acids is 1. The Morgan fingerprint density at radius 1 is 1.31 bits per heavy atom. The number of halogens is 1. The van der Waals surface area contributed by atoms with Crippen molar-refractivity contribution in [1.29, 1.82) is 0 Å². The molecule has 3 aromatic rings. The van der Waals surface area contributed by atoms with E-state index in [4.69, 9.17) is 16.3 Å². The molecule has 2 heterocycles. The van der Waals surface area contributed by atoms with Crippen LogP contribution in [0.4, 0.5) is 0 Å². The zero-order valence-corrected chi connectivity index (χ0v) is 15.6. The van der Waals surface area contributed by atoms with Crippen molar-refractivity contribution < 1.29 is 9.53 Å². The number of aromatic nitrogens is 3. The fourth-order valence-electron chi connectivity index (χ4n) is 2.68. The first-order valence-electron chi connectivity index (χ1n) is 8.54. The topological polar surface area (TPSA) is 68.5 Å². The molecule has 1 aromatic carbocycles. The van der Waals surface area contributed by atoms with Gasteiger partial charge < -0.3 is 10.1 Å². The van der Waals surface area contributed by atoms with E-state index in [9.17, 15) is 4.79 Å². The Hall–Kier alpha value is -2.44. The van der Waals surface area contributed by atoms with Crippen molar-refractivity contribution in [3.05, 3.63) is 52.8 Å². The number of hydrogen-bond donors (Lipinski definition) is 1. The maximum atomic E-state index is 12.5. The predicted molar refractivity (Wildman–Crippen MR) is 101 cm³/mol. The summed E-state index contributed by atoms with van der Waals surface area (Å²) in [6.45, 7) is 2.98. The van der Waals surface area contributed by atoms with Crippen LogP contribution in [-0.4, -0.2) is 34.2 Å². The normalized spacial score (nSPS) is 11.0. The van der Waals surface area contributed by atoms with E-state index in [1.165, 1.54) is 0 Å². The zero-order valence-electron chi connectivity index (χ0n) is 14.8. The van der Waals surface area contributed by atoms with Crippen LogP contribution in [0.3, 0.4) is 0 Å². The van der Waals surface area contributed by atoms with E-state index in [2.05, 4.69) is 22.3 Å². The van der Waals surface area contributed by atoms with Gasteiger partial charge in [-0.15, -0.1) is 0 Å². The lowest BCUT2D eigenvalue weighted by Gasteiger charge is -2.10. The Kier molecular flexibility index (Phi) is 5.85. The van der Waals surface area contributed by atoms with E-state index in [1.807, 2.05) is 30.3 Å². The molecule has 0 bridgehead atoms. The number of carbonyl (C=O) groups is 1. The molecule has 0 saturated heterocycles.